The van der Waals surface area contributed by atoms with E-state index in [4.69, 9.17) is 0 Å². The van der Waals surface area contributed by atoms with Crippen LogP contribution in [0.2, 0.25) is 0 Å². The number of nitrogens with zero attached hydrogens (tertiary/aromatic N) is 1. The third-order valence-electron chi connectivity index (χ3n) is 2.39. The third kappa shape index (κ3) is 1.80. The van der Waals surface area contributed by atoms with Crippen LogP contribution in [-0.2, 0) is 0 Å². The second-order valence-corrected chi connectivity index (χ2v) is 3.67. The quantitative estimate of drug-likeness (QED) is 0.751. The SMILES string of the molecule is C=c1[nH]c(-c2cccc(C)n2)cc(=O)c1=C. The van der Waals surface area contributed by atoms with E-state index in [2.05, 4.69) is 23.1 Å². The van der Waals surface area contributed by atoms with Crippen molar-refractivity contribution in [2.75, 3.05) is 0 Å². The first-order chi connectivity index (χ1) is 7.58. The Balaban J connectivity index is 2.71. The number of aryl methyl sites for hydroxylation is 1. The van der Waals surface area contributed by atoms with Gasteiger partial charge in [-0.3, -0.25) is 9.78 Å². The number of pyridine rings is 2. The molecule has 0 saturated heterocycles. The van der Waals surface area contributed by atoms with Gasteiger partial charge in [-0.1, -0.05) is 19.2 Å². The van der Waals surface area contributed by atoms with E-state index >= 15 is 0 Å². The molecular weight excluding hydrogens is 200 g/mol. The lowest BCUT2D eigenvalue weighted by atomic mass is 10.2. The van der Waals surface area contributed by atoms with E-state index < -0.39 is 0 Å². The van der Waals surface area contributed by atoms with Gasteiger partial charge in [0.1, 0.15) is 0 Å². The Kier molecular flexibility index (Phi) is 2.44. The van der Waals surface area contributed by atoms with Crippen molar-refractivity contribution in [2.45, 2.75) is 6.92 Å². The fourth-order valence-corrected chi connectivity index (χ4v) is 1.47. The van der Waals surface area contributed by atoms with Gasteiger partial charge in [-0.05, 0) is 19.1 Å². The number of nitrogens with one attached hydrogen (secondary N) is 1. The van der Waals surface area contributed by atoms with Gasteiger partial charge in [-0.25, -0.2) is 0 Å². The normalized spacial score (nSPS) is 10.3. The van der Waals surface area contributed by atoms with E-state index in [-0.39, 0.29) is 5.43 Å². The van der Waals surface area contributed by atoms with Gasteiger partial charge >= 0.3 is 0 Å². The predicted molar refractivity (Wildman–Crippen MR) is 65.3 cm³/mol. The summed E-state index contributed by atoms with van der Waals surface area (Å²) in [7, 11) is 0. The number of H-pyrrole nitrogens is 1. The average Bonchev–Trinajstić information content (AvgIpc) is 2.25. The summed E-state index contributed by atoms with van der Waals surface area (Å²) in [4.78, 5) is 18.9. The van der Waals surface area contributed by atoms with E-state index in [1.807, 2.05) is 25.1 Å². The molecule has 2 aromatic heterocycles. The molecule has 0 fully saturated rings. The van der Waals surface area contributed by atoms with Crippen molar-refractivity contribution in [3.05, 3.63) is 50.8 Å². The molecule has 2 aromatic rings. The molecule has 0 radical (unpaired) electrons. The lowest BCUT2D eigenvalue weighted by molar-refractivity contribution is 1.15. The summed E-state index contributed by atoms with van der Waals surface area (Å²) in [5, 5.41) is 0.933. The number of hydrogen-bond acceptors (Lipinski definition) is 2. The maximum atomic E-state index is 11.6. The third-order valence-corrected chi connectivity index (χ3v) is 2.39. The second-order valence-electron chi connectivity index (χ2n) is 3.67. The molecule has 0 amide bonds. The van der Waals surface area contributed by atoms with Gasteiger partial charge in [-0.15, -0.1) is 0 Å². The van der Waals surface area contributed by atoms with Crippen LogP contribution in [0.25, 0.3) is 24.5 Å². The highest BCUT2D eigenvalue weighted by Gasteiger charge is 2.01. The van der Waals surface area contributed by atoms with Crippen LogP contribution in [0.4, 0.5) is 0 Å². The van der Waals surface area contributed by atoms with Crippen LogP contribution in [0.5, 0.6) is 0 Å². The van der Waals surface area contributed by atoms with Gasteiger partial charge in [0, 0.05) is 22.3 Å². The number of hydrogen-bond donors (Lipinski definition) is 1. The van der Waals surface area contributed by atoms with Crippen molar-refractivity contribution in [3.63, 3.8) is 0 Å². The molecular formula is C13H12N2O. The van der Waals surface area contributed by atoms with Gasteiger partial charge in [-0.2, -0.15) is 0 Å². The van der Waals surface area contributed by atoms with E-state index in [1.165, 1.54) is 6.07 Å². The molecule has 0 saturated carbocycles. The minimum absolute atomic E-state index is 0.123. The monoisotopic (exact) mass is 212 g/mol. The zero-order chi connectivity index (χ0) is 11.7. The Morgan fingerprint density at radius 2 is 2.06 bits per heavy atom. The lowest BCUT2D eigenvalue weighted by Crippen LogP contribution is -2.38. The average molecular weight is 212 g/mol. The lowest BCUT2D eigenvalue weighted by Gasteiger charge is -2.01. The Morgan fingerprint density at radius 3 is 2.69 bits per heavy atom. The Bertz CT molecular complexity index is 652. The maximum Gasteiger partial charge on any atom is 0.189 e. The molecule has 0 unspecified atom stereocenters. The molecule has 3 nitrogen and oxygen atoms in total. The highest BCUT2D eigenvalue weighted by atomic mass is 16.1. The van der Waals surface area contributed by atoms with Crippen LogP contribution in [0, 0.1) is 6.92 Å². The zero-order valence-electron chi connectivity index (χ0n) is 9.08. The standard InChI is InChI=1S/C13H12N2O/c1-8-5-4-6-11(14-8)12-7-13(16)9(2)10(3)15-12/h4-7,15H,2-3H2,1H3. The summed E-state index contributed by atoms with van der Waals surface area (Å²) in [5.41, 5.74) is 2.19. The highest BCUT2D eigenvalue weighted by Crippen LogP contribution is 2.10. The van der Waals surface area contributed by atoms with Crippen molar-refractivity contribution >= 4 is 13.2 Å². The number of aromatic amines is 1. The molecule has 2 rings (SSSR count). The Morgan fingerprint density at radius 1 is 1.31 bits per heavy atom. The minimum atomic E-state index is -0.123. The summed E-state index contributed by atoms with van der Waals surface area (Å²) in [6.45, 7) is 9.29. The van der Waals surface area contributed by atoms with E-state index in [1.54, 1.807) is 0 Å². The zero-order valence-corrected chi connectivity index (χ0v) is 9.08. The Hall–Kier alpha value is -2.16. The fraction of sp³-hybridized carbons (Fsp3) is 0.0769. The van der Waals surface area contributed by atoms with Crippen LogP contribution in [0.15, 0.2) is 29.1 Å². The van der Waals surface area contributed by atoms with Gasteiger partial charge < -0.3 is 4.98 Å². The molecule has 16 heavy (non-hydrogen) atoms. The summed E-state index contributed by atoms with van der Waals surface area (Å²) < 4.78 is 0. The molecule has 0 aromatic carbocycles. The van der Waals surface area contributed by atoms with Crippen LogP contribution in [-0.4, -0.2) is 9.97 Å². The van der Waals surface area contributed by atoms with Crippen molar-refractivity contribution in [3.8, 4) is 11.4 Å². The molecule has 3 heteroatoms. The minimum Gasteiger partial charge on any atom is -0.354 e. The largest absolute Gasteiger partial charge is 0.354 e. The Labute approximate surface area is 92.8 Å². The summed E-state index contributed by atoms with van der Waals surface area (Å²) in [6.07, 6.45) is 0. The predicted octanol–water partition coefficient (Wildman–Crippen LogP) is 0.566. The number of aromatic nitrogens is 2. The summed E-state index contributed by atoms with van der Waals surface area (Å²) in [5.74, 6) is 0. The topological polar surface area (TPSA) is 45.8 Å². The van der Waals surface area contributed by atoms with E-state index in [0.717, 1.165) is 11.4 Å². The molecule has 2 heterocycles. The summed E-state index contributed by atoms with van der Waals surface area (Å²) >= 11 is 0. The smallest absolute Gasteiger partial charge is 0.189 e. The fourth-order valence-electron chi connectivity index (χ4n) is 1.47. The van der Waals surface area contributed by atoms with Gasteiger partial charge in [0.15, 0.2) is 5.43 Å². The first kappa shape index (κ1) is 10.4. The van der Waals surface area contributed by atoms with Crippen molar-refractivity contribution < 1.29 is 0 Å². The molecule has 0 aliphatic rings. The molecule has 1 N–H and O–H groups in total. The molecule has 0 aliphatic carbocycles. The highest BCUT2D eigenvalue weighted by molar-refractivity contribution is 5.53. The van der Waals surface area contributed by atoms with E-state index in [9.17, 15) is 4.79 Å². The van der Waals surface area contributed by atoms with Crippen molar-refractivity contribution in [2.24, 2.45) is 0 Å². The van der Waals surface area contributed by atoms with Crippen LogP contribution in [0.3, 0.4) is 0 Å². The van der Waals surface area contributed by atoms with E-state index in [0.29, 0.717) is 16.3 Å². The molecule has 0 spiro atoms. The molecule has 80 valence electrons. The van der Waals surface area contributed by atoms with Crippen LogP contribution >= 0.6 is 0 Å². The summed E-state index contributed by atoms with van der Waals surface area (Å²) in [6, 6.07) is 7.15. The second kappa shape index (κ2) is 3.77. The first-order valence-electron chi connectivity index (χ1n) is 4.93. The van der Waals surface area contributed by atoms with Gasteiger partial charge in [0.05, 0.1) is 11.4 Å². The van der Waals surface area contributed by atoms with Crippen molar-refractivity contribution in [1.29, 1.82) is 0 Å². The molecule has 0 bridgehead atoms. The van der Waals surface area contributed by atoms with Gasteiger partial charge in [0.25, 0.3) is 0 Å². The maximum absolute atomic E-state index is 11.6. The van der Waals surface area contributed by atoms with Crippen LogP contribution < -0.4 is 16.0 Å². The van der Waals surface area contributed by atoms with Crippen molar-refractivity contribution in [1.82, 2.24) is 9.97 Å². The van der Waals surface area contributed by atoms with Gasteiger partial charge in [0.2, 0.25) is 0 Å². The van der Waals surface area contributed by atoms with Crippen LogP contribution in [0.1, 0.15) is 5.69 Å². The first-order valence-corrected chi connectivity index (χ1v) is 4.93. The molecule has 0 atom stereocenters. The number of rotatable bonds is 1. The molecule has 0 aliphatic heterocycles.